The van der Waals surface area contributed by atoms with Crippen molar-refractivity contribution in [3.05, 3.63) is 71.8 Å². The summed E-state index contributed by atoms with van der Waals surface area (Å²) in [6, 6.07) is 22.3. The Kier molecular flexibility index (Phi) is 5.00. The Bertz CT molecular complexity index is 540. The molecular formula is C19H23NS. The Morgan fingerprint density at radius 2 is 1.67 bits per heavy atom. The van der Waals surface area contributed by atoms with Crippen LogP contribution in [-0.4, -0.2) is 18.3 Å². The smallest absolute Gasteiger partial charge is 0.0453 e. The van der Waals surface area contributed by atoms with Crippen molar-refractivity contribution in [2.24, 2.45) is 5.92 Å². The van der Waals surface area contributed by atoms with Crippen LogP contribution in [0.15, 0.2) is 60.7 Å². The normalized spacial score (nSPS) is 26.2. The molecule has 0 aromatic heterocycles. The third-order valence-electron chi connectivity index (χ3n) is 4.08. The first-order valence-corrected chi connectivity index (χ1v) is 8.81. The van der Waals surface area contributed by atoms with E-state index in [9.17, 15) is 0 Å². The van der Waals surface area contributed by atoms with Gasteiger partial charge in [-0.25, -0.2) is 0 Å². The van der Waals surface area contributed by atoms with Crippen LogP contribution in [0.1, 0.15) is 23.3 Å². The molecule has 3 unspecified atom stereocenters. The van der Waals surface area contributed by atoms with Crippen molar-refractivity contribution in [3.8, 4) is 0 Å². The van der Waals surface area contributed by atoms with E-state index in [0.717, 1.165) is 18.9 Å². The molecule has 0 spiro atoms. The fourth-order valence-electron chi connectivity index (χ4n) is 2.92. The van der Waals surface area contributed by atoms with Crippen LogP contribution in [0.4, 0.5) is 0 Å². The van der Waals surface area contributed by atoms with E-state index in [1.807, 2.05) is 0 Å². The topological polar surface area (TPSA) is 12.0 Å². The zero-order valence-corrected chi connectivity index (χ0v) is 13.4. The van der Waals surface area contributed by atoms with Crippen molar-refractivity contribution in [2.75, 3.05) is 12.3 Å². The number of benzene rings is 2. The zero-order chi connectivity index (χ0) is 14.5. The van der Waals surface area contributed by atoms with E-state index < -0.39 is 0 Å². The first-order valence-electron chi connectivity index (χ1n) is 7.77. The van der Waals surface area contributed by atoms with Crippen molar-refractivity contribution >= 4 is 11.8 Å². The maximum atomic E-state index is 3.81. The quantitative estimate of drug-likeness (QED) is 0.906. The minimum atomic E-state index is 0.504. The van der Waals surface area contributed by atoms with Gasteiger partial charge in [0.2, 0.25) is 0 Å². The Morgan fingerprint density at radius 3 is 2.38 bits per heavy atom. The molecule has 1 heterocycles. The lowest BCUT2D eigenvalue weighted by Crippen LogP contribution is -2.36. The van der Waals surface area contributed by atoms with Crippen LogP contribution < -0.4 is 5.32 Å². The predicted molar refractivity (Wildman–Crippen MR) is 92.7 cm³/mol. The highest BCUT2D eigenvalue weighted by Crippen LogP contribution is 2.36. The van der Waals surface area contributed by atoms with E-state index in [0.29, 0.717) is 11.3 Å². The predicted octanol–water partition coefficient (Wildman–Crippen LogP) is 4.31. The second-order valence-electron chi connectivity index (χ2n) is 5.97. The molecule has 0 aliphatic carbocycles. The van der Waals surface area contributed by atoms with Crippen LogP contribution in [0.5, 0.6) is 0 Å². The molecule has 2 aromatic carbocycles. The molecule has 0 saturated carbocycles. The largest absolute Gasteiger partial charge is 0.312 e. The molecule has 2 heteroatoms. The van der Waals surface area contributed by atoms with Crippen molar-refractivity contribution in [1.29, 1.82) is 0 Å². The van der Waals surface area contributed by atoms with Gasteiger partial charge in [-0.15, -0.1) is 0 Å². The van der Waals surface area contributed by atoms with Gasteiger partial charge in [-0.3, -0.25) is 0 Å². The van der Waals surface area contributed by atoms with Gasteiger partial charge in [0.15, 0.2) is 0 Å². The molecular weight excluding hydrogens is 274 g/mol. The van der Waals surface area contributed by atoms with Gasteiger partial charge in [0, 0.05) is 11.3 Å². The highest BCUT2D eigenvalue weighted by atomic mass is 32.2. The fraction of sp³-hybridized carbons (Fsp3) is 0.368. The SMILES string of the molecule is CC1CNC(Cc2ccccc2)C(c2ccccc2)SC1. The molecule has 2 aromatic rings. The minimum absolute atomic E-state index is 0.504. The lowest BCUT2D eigenvalue weighted by Gasteiger charge is -2.26. The molecule has 1 aliphatic heterocycles. The molecule has 1 saturated heterocycles. The van der Waals surface area contributed by atoms with Crippen molar-refractivity contribution < 1.29 is 0 Å². The highest BCUT2D eigenvalue weighted by molar-refractivity contribution is 7.99. The van der Waals surface area contributed by atoms with Gasteiger partial charge in [-0.05, 0) is 35.8 Å². The zero-order valence-electron chi connectivity index (χ0n) is 12.5. The van der Waals surface area contributed by atoms with E-state index >= 15 is 0 Å². The fourth-order valence-corrected chi connectivity index (χ4v) is 4.35. The van der Waals surface area contributed by atoms with Crippen LogP contribution in [0.2, 0.25) is 0 Å². The van der Waals surface area contributed by atoms with Crippen molar-refractivity contribution in [2.45, 2.75) is 24.6 Å². The summed E-state index contributed by atoms with van der Waals surface area (Å²) in [5.41, 5.74) is 2.87. The van der Waals surface area contributed by atoms with Crippen LogP contribution in [0, 0.1) is 5.92 Å². The van der Waals surface area contributed by atoms with E-state index in [1.54, 1.807) is 0 Å². The standard InChI is InChI=1S/C19H23NS/c1-15-13-20-18(12-16-8-4-2-5-9-16)19(21-14-15)17-10-6-3-7-11-17/h2-11,15,18-20H,12-14H2,1H3. The van der Waals surface area contributed by atoms with E-state index in [-0.39, 0.29) is 0 Å². The van der Waals surface area contributed by atoms with Gasteiger partial charge in [0.05, 0.1) is 0 Å². The second-order valence-corrected chi connectivity index (χ2v) is 7.15. The highest BCUT2D eigenvalue weighted by Gasteiger charge is 2.27. The molecule has 3 atom stereocenters. The lowest BCUT2D eigenvalue weighted by atomic mass is 9.98. The molecule has 0 amide bonds. The van der Waals surface area contributed by atoms with Crippen LogP contribution in [0.3, 0.4) is 0 Å². The average Bonchev–Trinajstić information content (AvgIpc) is 2.72. The molecule has 0 bridgehead atoms. The van der Waals surface area contributed by atoms with E-state index in [1.165, 1.54) is 16.9 Å². The number of thioether (sulfide) groups is 1. The Balaban J connectivity index is 1.82. The van der Waals surface area contributed by atoms with Crippen molar-refractivity contribution in [1.82, 2.24) is 5.32 Å². The Labute approximate surface area is 132 Å². The molecule has 110 valence electrons. The summed E-state index contributed by atoms with van der Waals surface area (Å²) >= 11 is 2.11. The summed E-state index contributed by atoms with van der Waals surface area (Å²) in [6.07, 6.45) is 1.10. The molecule has 21 heavy (non-hydrogen) atoms. The maximum Gasteiger partial charge on any atom is 0.0453 e. The number of hydrogen-bond acceptors (Lipinski definition) is 2. The summed E-state index contributed by atoms with van der Waals surface area (Å²) in [5, 5.41) is 4.35. The van der Waals surface area contributed by atoms with E-state index in [4.69, 9.17) is 0 Å². The third-order valence-corrected chi connectivity index (χ3v) is 5.80. The Hall–Kier alpha value is -1.25. The maximum absolute atomic E-state index is 3.81. The molecule has 1 nitrogen and oxygen atoms in total. The first kappa shape index (κ1) is 14.7. The lowest BCUT2D eigenvalue weighted by molar-refractivity contribution is 0.469. The monoisotopic (exact) mass is 297 g/mol. The first-order chi connectivity index (χ1) is 10.3. The van der Waals surface area contributed by atoms with Gasteiger partial charge >= 0.3 is 0 Å². The Morgan fingerprint density at radius 1 is 1.00 bits per heavy atom. The van der Waals surface area contributed by atoms with Crippen LogP contribution in [-0.2, 0) is 6.42 Å². The number of hydrogen-bond donors (Lipinski definition) is 1. The second kappa shape index (κ2) is 7.15. The molecule has 1 N–H and O–H groups in total. The average molecular weight is 297 g/mol. The van der Waals surface area contributed by atoms with Crippen molar-refractivity contribution in [3.63, 3.8) is 0 Å². The van der Waals surface area contributed by atoms with Crippen LogP contribution in [0.25, 0.3) is 0 Å². The van der Waals surface area contributed by atoms with Crippen LogP contribution >= 0.6 is 11.8 Å². The summed E-state index contributed by atoms with van der Waals surface area (Å²) in [7, 11) is 0. The van der Waals surface area contributed by atoms with Gasteiger partial charge in [-0.1, -0.05) is 67.6 Å². The summed E-state index contributed by atoms with van der Waals surface area (Å²) in [5.74, 6) is 1.97. The molecule has 1 fully saturated rings. The summed E-state index contributed by atoms with van der Waals surface area (Å²) in [4.78, 5) is 0. The summed E-state index contributed by atoms with van der Waals surface area (Å²) in [6.45, 7) is 3.46. The van der Waals surface area contributed by atoms with Gasteiger partial charge in [0.25, 0.3) is 0 Å². The number of rotatable bonds is 3. The minimum Gasteiger partial charge on any atom is -0.312 e. The summed E-state index contributed by atoms with van der Waals surface area (Å²) < 4.78 is 0. The van der Waals surface area contributed by atoms with Gasteiger partial charge < -0.3 is 5.32 Å². The van der Waals surface area contributed by atoms with E-state index in [2.05, 4.69) is 84.7 Å². The van der Waals surface area contributed by atoms with Gasteiger partial charge in [-0.2, -0.15) is 11.8 Å². The molecule has 0 radical (unpaired) electrons. The molecule has 3 rings (SSSR count). The number of nitrogens with one attached hydrogen (secondary N) is 1. The third kappa shape index (κ3) is 3.90. The molecule has 1 aliphatic rings. The van der Waals surface area contributed by atoms with Gasteiger partial charge in [0.1, 0.15) is 0 Å².